The summed E-state index contributed by atoms with van der Waals surface area (Å²) in [4.78, 5) is 26.8. The van der Waals surface area contributed by atoms with Crippen molar-refractivity contribution in [2.45, 2.75) is 13.0 Å². The van der Waals surface area contributed by atoms with E-state index in [2.05, 4.69) is 5.16 Å². The maximum Gasteiger partial charge on any atom is 0.301 e. The molecule has 29 heavy (non-hydrogen) atoms. The third-order valence-corrected chi connectivity index (χ3v) is 4.86. The zero-order valence-electron chi connectivity index (χ0n) is 15.1. The topological polar surface area (TPSA) is 83.6 Å². The van der Waals surface area contributed by atoms with Gasteiger partial charge in [0.05, 0.1) is 11.6 Å². The fourth-order valence-corrected chi connectivity index (χ4v) is 3.39. The van der Waals surface area contributed by atoms with Crippen molar-refractivity contribution < 1.29 is 23.6 Å². The number of amides is 1. The number of aliphatic hydroxyl groups excluding tert-OH is 1. The Kier molecular flexibility index (Phi) is 4.68. The van der Waals surface area contributed by atoms with Gasteiger partial charge < -0.3 is 9.63 Å². The molecule has 8 heteroatoms. The summed E-state index contributed by atoms with van der Waals surface area (Å²) in [6.07, 6.45) is 0. The summed E-state index contributed by atoms with van der Waals surface area (Å²) in [7, 11) is 0. The number of rotatable bonds is 3. The minimum absolute atomic E-state index is 0.120. The molecule has 4 rings (SSSR count). The van der Waals surface area contributed by atoms with Gasteiger partial charge in [-0.05, 0) is 48.9 Å². The van der Waals surface area contributed by atoms with E-state index in [1.54, 1.807) is 19.1 Å². The van der Waals surface area contributed by atoms with Crippen molar-refractivity contribution in [1.82, 2.24) is 5.16 Å². The van der Waals surface area contributed by atoms with Gasteiger partial charge in [-0.25, -0.2) is 4.39 Å². The van der Waals surface area contributed by atoms with E-state index < -0.39 is 23.5 Å². The van der Waals surface area contributed by atoms with E-state index in [1.165, 1.54) is 42.5 Å². The first kappa shape index (κ1) is 18.9. The highest BCUT2D eigenvalue weighted by Crippen LogP contribution is 2.41. The van der Waals surface area contributed by atoms with Crippen LogP contribution in [0.3, 0.4) is 0 Å². The van der Waals surface area contributed by atoms with Crippen molar-refractivity contribution in [2.24, 2.45) is 0 Å². The molecule has 0 spiro atoms. The van der Waals surface area contributed by atoms with Crippen molar-refractivity contribution in [3.05, 3.63) is 87.9 Å². The molecule has 146 valence electrons. The number of benzene rings is 2. The summed E-state index contributed by atoms with van der Waals surface area (Å²) >= 11 is 5.89. The minimum Gasteiger partial charge on any atom is -0.507 e. The number of aromatic nitrogens is 1. The van der Waals surface area contributed by atoms with Gasteiger partial charge in [0.2, 0.25) is 0 Å². The van der Waals surface area contributed by atoms with E-state index >= 15 is 0 Å². The molecular formula is C21H14ClFN2O4. The van der Waals surface area contributed by atoms with Crippen LogP contribution in [0.5, 0.6) is 0 Å². The van der Waals surface area contributed by atoms with Crippen LogP contribution in [0.25, 0.3) is 5.76 Å². The van der Waals surface area contributed by atoms with Gasteiger partial charge in [-0.3, -0.25) is 14.5 Å². The Labute approximate surface area is 169 Å². The van der Waals surface area contributed by atoms with Crippen LogP contribution in [0.1, 0.15) is 22.9 Å². The fraction of sp³-hybridized carbons (Fsp3) is 0.0952. The van der Waals surface area contributed by atoms with Crippen LogP contribution in [0, 0.1) is 12.7 Å². The lowest BCUT2D eigenvalue weighted by Crippen LogP contribution is -2.29. The zero-order valence-corrected chi connectivity index (χ0v) is 15.9. The number of aryl methyl sites for hydroxylation is 1. The van der Waals surface area contributed by atoms with Crippen LogP contribution in [0.15, 0.2) is 64.7 Å². The number of halogens is 2. The molecule has 2 heterocycles. The Hall–Kier alpha value is -3.45. The summed E-state index contributed by atoms with van der Waals surface area (Å²) in [6.45, 7) is 1.65. The first-order valence-corrected chi connectivity index (χ1v) is 9.00. The normalized spacial score (nSPS) is 18.4. The number of anilines is 1. The molecule has 0 radical (unpaired) electrons. The third-order valence-electron chi connectivity index (χ3n) is 4.61. The van der Waals surface area contributed by atoms with Gasteiger partial charge in [0.1, 0.15) is 17.3 Å². The zero-order chi connectivity index (χ0) is 20.7. The van der Waals surface area contributed by atoms with Gasteiger partial charge in [0, 0.05) is 16.7 Å². The van der Waals surface area contributed by atoms with Crippen LogP contribution >= 0.6 is 11.6 Å². The Balaban J connectivity index is 1.93. The molecule has 1 atom stereocenters. The van der Waals surface area contributed by atoms with Crippen LogP contribution in [-0.2, 0) is 9.59 Å². The van der Waals surface area contributed by atoms with Crippen molar-refractivity contribution in [3.63, 3.8) is 0 Å². The van der Waals surface area contributed by atoms with Crippen LogP contribution in [-0.4, -0.2) is 22.0 Å². The highest BCUT2D eigenvalue weighted by atomic mass is 35.5. The van der Waals surface area contributed by atoms with Gasteiger partial charge in [-0.2, -0.15) is 0 Å². The molecule has 1 fully saturated rings. The van der Waals surface area contributed by atoms with E-state index in [0.717, 1.165) is 4.90 Å². The van der Waals surface area contributed by atoms with Gasteiger partial charge >= 0.3 is 5.91 Å². The Bertz CT molecular complexity index is 1140. The lowest BCUT2D eigenvalue weighted by atomic mass is 9.95. The number of hydrogen-bond acceptors (Lipinski definition) is 5. The molecular weight excluding hydrogens is 399 g/mol. The van der Waals surface area contributed by atoms with E-state index in [1.807, 2.05) is 0 Å². The molecule has 1 aliphatic heterocycles. The standard InChI is InChI=1S/C21H14ClFN2O4/c1-11-10-16(24-29-11)25-18(12-4-8-15(23)9-5-12)17(20(27)21(25)28)19(26)13-2-6-14(22)7-3-13/h2-10,18,26H,1H3/b19-17-. The molecule has 1 unspecified atom stereocenters. The number of nitrogens with zero attached hydrogens (tertiary/aromatic N) is 2. The lowest BCUT2D eigenvalue weighted by molar-refractivity contribution is -0.132. The smallest absolute Gasteiger partial charge is 0.301 e. The molecule has 1 aliphatic rings. The highest BCUT2D eigenvalue weighted by molar-refractivity contribution is 6.51. The van der Waals surface area contributed by atoms with E-state index in [-0.39, 0.29) is 17.2 Å². The van der Waals surface area contributed by atoms with Gasteiger partial charge in [0.15, 0.2) is 5.82 Å². The fourth-order valence-electron chi connectivity index (χ4n) is 3.26. The molecule has 0 saturated carbocycles. The second kappa shape index (κ2) is 7.18. The SMILES string of the molecule is Cc1cc(N2C(=O)C(=O)/C(=C(\O)c3ccc(Cl)cc3)C2c2ccc(F)cc2)no1. The molecule has 1 amide bonds. The van der Waals surface area contributed by atoms with Crippen molar-refractivity contribution >= 4 is 34.9 Å². The third kappa shape index (κ3) is 3.30. The molecule has 1 N–H and O–H groups in total. The largest absolute Gasteiger partial charge is 0.507 e. The highest BCUT2D eigenvalue weighted by Gasteiger charge is 2.48. The lowest BCUT2D eigenvalue weighted by Gasteiger charge is -2.22. The Morgan fingerprint density at radius 3 is 2.38 bits per heavy atom. The summed E-state index contributed by atoms with van der Waals surface area (Å²) in [5.74, 6) is -2.03. The second-order valence-electron chi connectivity index (χ2n) is 6.52. The Morgan fingerprint density at radius 2 is 1.79 bits per heavy atom. The first-order chi connectivity index (χ1) is 13.9. The van der Waals surface area contributed by atoms with E-state index in [0.29, 0.717) is 21.9 Å². The van der Waals surface area contributed by atoms with Crippen molar-refractivity contribution in [2.75, 3.05) is 4.90 Å². The summed E-state index contributed by atoms with van der Waals surface area (Å²) < 4.78 is 18.5. The van der Waals surface area contributed by atoms with Gasteiger partial charge in [-0.1, -0.05) is 28.9 Å². The number of carbonyl (C=O) groups is 2. The molecule has 1 aromatic heterocycles. The van der Waals surface area contributed by atoms with E-state index in [4.69, 9.17) is 16.1 Å². The maximum absolute atomic E-state index is 13.5. The average Bonchev–Trinajstić information content (AvgIpc) is 3.24. The molecule has 2 aromatic carbocycles. The van der Waals surface area contributed by atoms with Crippen molar-refractivity contribution in [1.29, 1.82) is 0 Å². The summed E-state index contributed by atoms with van der Waals surface area (Å²) in [5.41, 5.74) is 0.613. The number of ketones is 1. The molecule has 3 aromatic rings. The van der Waals surface area contributed by atoms with E-state index in [9.17, 15) is 19.1 Å². The maximum atomic E-state index is 13.5. The summed E-state index contributed by atoms with van der Waals surface area (Å²) in [6, 6.07) is 12.0. The van der Waals surface area contributed by atoms with Crippen LogP contribution < -0.4 is 4.90 Å². The van der Waals surface area contributed by atoms with Gasteiger partial charge in [0.25, 0.3) is 5.78 Å². The van der Waals surface area contributed by atoms with Gasteiger partial charge in [-0.15, -0.1) is 0 Å². The predicted molar refractivity (Wildman–Crippen MR) is 104 cm³/mol. The molecule has 1 saturated heterocycles. The Morgan fingerprint density at radius 1 is 1.14 bits per heavy atom. The first-order valence-electron chi connectivity index (χ1n) is 8.62. The molecule has 6 nitrogen and oxygen atoms in total. The number of hydrogen-bond donors (Lipinski definition) is 1. The quantitative estimate of drug-likeness (QED) is 0.391. The second-order valence-corrected chi connectivity index (χ2v) is 6.96. The van der Waals surface area contributed by atoms with Crippen LogP contribution in [0.2, 0.25) is 5.02 Å². The van der Waals surface area contributed by atoms with Crippen LogP contribution in [0.4, 0.5) is 10.2 Å². The minimum atomic E-state index is -1.00. The number of Topliss-reactive ketones (excluding diaryl/α,β-unsaturated/α-hetero) is 1. The molecule has 0 aliphatic carbocycles. The van der Waals surface area contributed by atoms with Crippen molar-refractivity contribution in [3.8, 4) is 0 Å². The average molecular weight is 413 g/mol. The predicted octanol–water partition coefficient (Wildman–Crippen LogP) is 4.40. The number of aliphatic hydroxyl groups is 1. The number of carbonyl (C=O) groups excluding carboxylic acids is 2. The summed E-state index contributed by atoms with van der Waals surface area (Å²) in [5, 5.41) is 15.2. The molecule has 0 bridgehead atoms. The monoisotopic (exact) mass is 412 g/mol.